The summed E-state index contributed by atoms with van der Waals surface area (Å²) < 4.78 is 26.6. The summed E-state index contributed by atoms with van der Waals surface area (Å²) in [5.41, 5.74) is 6.42. The van der Waals surface area contributed by atoms with Crippen LogP contribution in [-0.4, -0.2) is 13.4 Å². The first-order valence-electron chi connectivity index (χ1n) is 5.43. The summed E-state index contributed by atoms with van der Waals surface area (Å²) in [7, 11) is -3.71. The van der Waals surface area contributed by atoms with Crippen molar-refractivity contribution in [2.45, 2.75) is 11.4 Å². The van der Waals surface area contributed by atoms with Gasteiger partial charge in [-0.2, -0.15) is 0 Å². The zero-order chi connectivity index (χ0) is 13.9. The van der Waals surface area contributed by atoms with Crippen LogP contribution in [0.5, 0.6) is 0 Å². The lowest BCUT2D eigenvalue weighted by molar-refractivity contribution is 0.581. The lowest BCUT2D eigenvalue weighted by Gasteiger charge is -2.09. The smallest absolute Gasteiger partial charge is 0.243 e. The average molecular weight is 298 g/mol. The van der Waals surface area contributed by atoms with Gasteiger partial charge in [-0.3, -0.25) is 4.98 Å². The lowest BCUT2D eigenvalue weighted by Crippen LogP contribution is -2.24. The van der Waals surface area contributed by atoms with Crippen molar-refractivity contribution in [3.8, 4) is 0 Å². The van der Waals surface area contributed by atoms with E-state index < -0.39 is 10.0 Å². The second-order valence-corrected chi connectivity index (χ2v) is 6.00. The molecular weight excluding hydrogens is 286 g/mol. The lowest BCUT2D eigenvalue weighted by atomic mass is 10.3. The molecule has 1 heterocycles. The van der Waals surface area contributed by atoms with Gasteiger partial charge in [0.1, 0.15) is 4.90 Å². The van der Waals surface area contributed by atoms with Gasteiger partial charge in [0.25, 0.3) is 0 Å². The van der Waals surface area contributed by atoms with E-state index in [0.717, 1.165) is 0 Å². The summed E-state index contributed by atoms with van der Waals surface area (Å²) >= 11 is 5.78. The molecule has 19 heavy (non-hydrogen) atoms. The summed E-state index contributed by atoms with van der Waals surface area (Å²) in [6.45, 7) is 0.0924. The van der Waals surface area contributed by atoms with Gasteiger partial charge < -0.3 is 5.73 Å². The number of aromatic nitrogens is 1. The number of nitrogens with two attached hydrogens (primary N) is 1. The van der Waals surface area contributed by atoms with Gasteiger partial charge in [0.15, 0.2) is 0 Å². The maximum Gasteiger partial charge on any atom is 0.243 e. The van der Waals surface area contributed by atoms with Crippen molar-refractivity contribution in [3.05, 3.63) is 53.3 Å². The summed E-state index contributed by atoms with van der Waals surface area (Å²) in [6, 6.07) is 9.57. The quantitative estimate of drug-likeness (QED) is 0.843. The molecule has 0 amide bonds. The Morgan fingerprint density at radius 3 is 2.74 bits per heavy atom. The minimum Gasteiger partial charge on any atom is -0.398 e. The van der Waals surface area contributed by atoms with Gasteiger partial charge in [-0.15, -0.1) is 0 Å². The molecule has 0 fully saturated rings. The molecule has 0 saturated heterocycles. The maximum absolute atomic E-state index is 12.1. The Kier molecular flexibility index (Phi) is 4.04. The first-order valence-corrected chi connectivity index (χ1v) is 7.30. The maximum atomic E-state index is 12.1. The highest BCUT2D eigenvalue weighted by Gasteiger charge is 2.17. The Labute approximate surface area is 116 Å². The molecule has 0 aliphatic heterocycles. The molecule has 0 saturated carbocycles. The molecule has 1 aromatic heterocycles. The number of rotatable bonds is 4. The molecule has 3 N–H and O–H groups in total. The molecule has 1 aromatic carbocycles. The van der Waals surface area contributed by atoms with Gasteiger partial charge >= 0.3 is 0 Å². The van der Waals surface area contributed by atoms with Crippen LogP contribution in [0.4, 0.5) is 5.69 Å². The molecule has 0 unspecified atom stereocenters. The molecule has 0 spiro atoms. The molecule has 0 aliphatic carbocycles. The van der Waals surface area contributed by atoms with Crippen molar-refractivity contribution in [1.29, 1.82) is 0 Å². The van der Waals surface area contributed by atoms with Crippen LogP contribution in [0, 0.1) is 0 Å². The van der Waals surface area contributed by atoms with Crippen LogP contribution in [0.3, 0.4) is 0 Å². The highest BCUT2D eigenvalue weighted by Crippen LogP contribution is 2.22. The minimum atomic E-state index is -3.71. The zero-order valence-electron chi connectivity index (χ0n) is 9.88. The van der Waals surface area contributed by atoms with Crippen molar-refractivity contribution >= 4 is 27.3 Å². The standard InChI is InChI=1S/C12H12ClN3O2S/c13-9-4-5-11(14)12(7-9)19(17,18)16-8-10-3-1-2-6-15-10/h1-7,16H,8,14H2. The fourth-order valence-electron chi connectivity index (χ4n) is 1.49. The number of hydrogen-bond acceptors (Lipinski definition) is 4. The van der Waals surface area contributed by atoms with Crippen molar-refractivity contribution in [2.75, 3.05) is 5.73 Å². The molecule has 100 valence electrons. The number of nitrogen functional groups attached to an aromatic ring is 1. The Morgan fingerprint density at radius 2 is 2.05 bits per heavy atom. The molecule has 0 atom stereocenters. The monoisotopic (exact) mass is 297 g/mol. The molecule has 7 heteroatoms. The van der Waals surface area contributed by atoms with E-state index in [-0.39, 0.29) is 17.1 Å². The average Bonchev–Trinajstić information content (AvgIpc) is 2.40. The largest absolute Gasteiger partial charge is 0.398 e. The fraction of sp³-hybridized carbons (Fsp3) is 0.0833. The van der Waals surface area contributed by atoms with Crippen molar-refractivity contribution in [3.63, 3.8) is 0 Å². The Bertz CT molecular complexity index is 675. The van der Waals surface area contributed by atoms with Gasteiger partial charge in [-0.25, -0.2) is 13.1 Å². The topological polar surface area (TPSA) is 85.1 Å². The van der Waals surface area contributed by atoms with Gasteiger partial charge in [-0.05, 0) is 30.3 Å². The molecular formula is C12H12ClN3O2S. The molecule has 2 rings (SSSR count). The van der Waals surface area contributed by atoms with E-state index in [0.29, 0.717) is 10.7 Å². The van der Waals surface area contributed by atoms with Gasteiger partial charge in [-0.1, -0.05) is 17.7 Å². The van der Waals surface area contributed by atoms with Crippen LogP contribution in [0.25, 0.3) is 0 Å². The minimum absolute atomic E-state index is 0.0315. The summed E-state index contributed by atoms with van der Waals surface area (Å²) in [4.78, 5) is 4.00. The summed E-state index contributed by atoms with van der Waals surface area (Å²) in [5.74, 6) is 0. The molecule has 0 radical (unpaired) electrons. The molecule has 0 aliphatic rings. The number of nitrogens with zero attached hydrogens (tertiary/aromatic N) is 1. The number of hydrogen-bond donors (Lipinski definition) is 2. The predicted octanol–water partition coefficient (Wildman–Crippen LogP) is 1.80. The van der Waals surface area contributed by atoms with Crippen LogP contribution < -0.4 is 10.5 Å². The van der Waals surface area contributed by atoms with Crippen LogP contribution in [0.1, 0.15) is 5.69 Å². The third kappa shape index (κ3) is 3.44. The molecule has 0 bridgehead atoms. The number of anilines is 1. The van der Waals surface area contributed by atoms with Gasteiger partial charge in [0, 0.05) is 11.2 Å². The zero-order valence-corrected chi connectivity index (χ0v) is 11.4. The molecule has 2 aromatic rings. The molecule has 5 nitrogen and oxygen atoms in total. The SMILES string of the molecule is Nc1ccc(Cl)cc1S(=O)(=O)NCc1ccccn1. The van der Waals surface area contributed by atoms with Crippen LogP contribution in [0.15, 0.2) is 47.5 Å². The van der Waals surface area contributed by atoms with Crippen molar-refractivity contribution in [2.24, 2.45) is 0 Å². The third-order valence-electron chi connectivity index (χ3n) is 2.43. The number of benzene rings is 1. The number of sulfonamides is 1. The highest BCUT2D eigenvalue weighted by molar-refractivity contribution is 7.89. The Morgan fingerprint density at radius 1 is 1.26 bits per heavy atom. The van der Waals surface area contributed by atoms with Gasteiger partial charge in [0.05, 0.1) is 17.9 Å². The second-order valence-electron chi connectivity index (χ2n) is 3.83. The van der Waals surface area contributed by atoms with E-state index in [2.05, 4.69) is 9.71 Å². The van der Waals surface area contributed by atoms with Crippen LogP contribution >= 0.6 is 11.6 Å². The normalized spacial score (nSPS) is 11.4. The first-order chi connectivity index (χ1) is 8.99. The van der Waals surface area contributed by atoms with Crippen LogP contribution in [0.2, 0.25) is 5.02 Å². The van der Waals surface area contributed by atoms with E-state index >= 15 is 0 Å². The summed E-state index contributed by atoms with van der Waals surface area (Å²) in [6.07, 6.45) is 1.59. The van der Waals surface area contributed by atoms with Gasteiger partial charge in [0.2, 0.25) is 10.0 Å². The Hall–Kier alpha value is -1.63. The number of halogens is 1. The van der Waals surface area contributed by atoms with E-state index in [1.54, 1.807) is 24.4 Å². The number of nitrogens with one attached hydrogen (secondary N) is 1. The second kappa shape index (κ2) is 5.56. The number of pyridine rings is 1. The Balaban J connectivity index is 2.21. The predicted molar refractivity (Wildman–Crippen MR) is 74.1 cm³/mol. The van der Waals surface area contributed by atoms with E-state index in [4.69, 9.17) is 17.3 Å². The van der Waals surface area contributed by atoms with Crippen molar-refractivity contribution < 1.29 is 8.42 Å². The van der Waals surface area contributed by atoms with E-state index in [1.807, 2.05) is 0 Å². The summed E-state index contributed by atoms with van der Waals surface area (Å²) in [5, 5.41) is 0.312. The first kappa shape index (κ1) is 13.8. The van der Waals surface area contributed by atoms with Crippen molar-refractivity contribution in [1.82, 2.24) is 9.71 Å². The van der Waals surface area contributed by atoms with E-state index in [1.165, 1.54) is 18.2 Å². The van der Waals surface area contributed by atoms with E-state index in [9.17, 15) is 8.42 Å². The third-order valence-corrected chi connectivity index (χ3v) is 4.13. The highest BCUT2D eigenvalue weighted by atomic mass is 35.5. The fourth-order valence-corrected chi connectivity index (χ4v) is 2.88. The van der Waals surface area contributed by atoms with Crippen LogP contribution in [-0.2, 0) is 16.6 Å².